The van der Waals surface area contributed by atoms with E-state index in [0.717, 1.165) is 27.3 Å². The van der Waals surface area contributed by atoms with Gasteiger partial charge in [-0.3, -0.25) is 19.3 Å². The van der Waals surface area contributed by atoms with E-state index in [1.807, 2.05) is 38.1 Å². The van der Waals surface area contributed by atoms with Crippen LogP contribution in [0.1, 0.15) is 65.1 Å². The second-order valence-corrected chi connectivity index (χ2v) is 16.6. The predicted molar refractivity (Wildman–Crippen MR) is 178 cm³/mol. The summed E-state index contributed by atoms with van der Waals surface area (Å²) in [5.41, 5.74) is 4.47. The highest BCUT2D eigenvalue weighted by Crippen LogP contribution is 2.38. The highest BCUT2D eigenvalue weighted by molar-refractivity contribution is 6.99. The number of hydrogen-bond donors (Lipinski definition) is 0. The minimum atomic E-state index is -2.79. The van der Waals surface area contributed by atoms with Crippen molar-refractivity contribution in [2.75, 3.05) is 18.0 Å². The molecule has 1 aliphatic heterocycles. The van der Waals surface area contributed by atoms with Gasteiger partial charge in [-0.1, -0.05) is 99.6 Å². The Morgan fingerprint density at radius 1 is 0.773 bits per heavy atom. The normalized spacial score (nSPS) is 13.3. The third-order valence-electron chi connectivity index (χ3n) is 8.73. The van der Waals surface area contributed by atoms with Crippen LogP contribution in [0.15, 0.2) is 97.1 Å². The molecule has 1 heterocycles. The monoisotopic (exact) mass is 604 g/mol. The molecular formula is C37H40N2O4Si. The molecule has 1 aliphatic rings. The van der Waals surface area contributed by atoms with E-state index in [2.05, 4.69) is 76.2 Å². The molecule has 0 bridgehead atoms. The van der Waals surface area contributed by atoms with Crippen LogP contribution in [0.5, 0.6) is 0 Å². The Bertz CT molecular complexity index is 1620. The molecule has 0 radical (unpaired) electrons. The van der Waals surface area contributed by atoms with Crippen molar-refractivity contribution >= 4 is 42.1 Å². The lowest BCUT2D eigenvalue weighted by molar-refractivity contribution is -0.118. The number of anilines is 1. The summed E-state index contributed by atoms with van der Waals surface area (Å²) in [4.78, 5) is 42.3. The van der Waals surface area contributed by atoms with Crippen molar-refractivity contribution in [1.82, 2.24) is 4.90 Å². The maximum atomic E-state index is 13.7. The quantitative estimate of drug-likeness (QED) is 0.173. The molecule has 4 aromatic rings. The zero-order valence-corrected chi connectivity index (χ0v) is 27.4. The van der Waals surface area contributed by atoms with Crippen molar-refractivity contribution in [1.29, 1.82) is 0 Å². The second-order valence-electron chi connectivity index (χ2n) is 12.3. The first-order valence-corrected chi connectivity index (χ1v) is 17.0. The molecule has 0 saturated heterocycles. The molecule has 5 rings (SSSR count). The van der Waals surface area contributed by atoms with Crippen molar-refractivity contribution in [3.05, 3.63) is 125 Å². The number of nitrogens with zero attached hydrogens (tertiary/aromatic N) is 2. The molecule has 0 saturated carbocycles. The molecule has 0 unspecified atom stereocenters. The number of benzene rings is 4. The third kappa shape index (κ3) is 5.42. The number of fused-ring (bicyclic) bond motifs is 1. The summed E-state index contributed by atoms with van der Waals surface area (Å²) in [5, 5.41) is 2.24. The van der Waals surface area contributed by atoms with Gasteiger partial charge in [0.2, 0.25) is 5.91 Å². The molecule has 226 valence electrons. The predicted octanol–water partition coefficient (Wildman–Crippen LogP) is 6.03. The van der Waals surface area contributed by atoms with Gasteiger partial charge in [-0.15, -0.1) is 0 Å². The number of rotatable bonds is 9. The van der Waals surface area contributed by atoms with Gasteiger partial charge in [-0.05, 0) is 71.1 Å². The highest BCUT2D eigenvalue weighted by Gasteiger charge is 2.50. The Labute approximate surface area is 261 Å². The molecular weight excluding hydrogens is 565 g/mol. The van der Waals surface area contributed by atoms with Gasteiger partial charge in [-0.25, -0.2) is 0 Å². The number of carbonyl (C=O) groups is 3. The molecule has 3 amide bonds. The molecule has 0 N–H and O–H groups in total. The first-order chi connectivity index (χ1) is 21.0. The first-order valence-electron chi connectivity index (χ1n) is 15.1. The van der Waals surface area contributed by atoms with Gasteiger partial charge in [0.25, 0.3) is 20.1 Å². The fraction of sp³-hybridized carbons (Fsp3) is 0.270. The SMILES string of the molecule is CCN(C(=O)CN1C(=O)c2ccccc2C1=O)c1ccc(C)c(CO[Si](c2ccccc2)(c2ccccc2)C(C)(C)C)c1C. The van der Waals surface area contributed by atoms with Crippen molar-refractivity contribution in [2.24, 2.45) is 0 Å². The summed E-state index contributed by atoms with van der Waals surface area (Å²) >= 11 is 0. The summed E-state index contributed by atoms with van der Waals surface area (Å²) in [5.74, 6) is -1.18. The topological polar surface area (TPSA) is 66.9 Å². The summed E-state index contributed by atoms with van der Waals surface area (Å²) in [6, 6.07) is 31.7. The average Bonchev–Trinajstić information content (AvgIpc) is 3.25. The Kier molecular flexibility index (Phi) is 8.73. The van der Waals surface area contributed by atoms with Gasteiger partial charge < -0.3 is 9.33 Å². The molecule has 0 atom stereocenters. The third-order valence-corrected chi connectivity index (χ3v) is 13.7. The van der Waals surface area contributed by atoms with E-state index >= 15 is 0 Å². The number of imide groups is 1. The minimum Gasteiger partial charge on any atom is -0.403 e. The molecule has 0 spiro atoms. The maximum absolute atomic E-state index is 13.7. The lowest BCUT2D eigenvalue weighted by atomic mass is 10.0. The molecule has 0 aromatic heterocycles. The largest absolute Gasteiger partial charge is 0.403 e. The van der Waals surface area contributed by atoms with Crippen LogP contribution in [0.4, 0.5) is 5.69 Å². The molecule has 7 heteroatoms. The lowest BCUT2D eigenvalue weighted by Crippen LogP contribution is -2.66. The zero-order chi connectivity index (χ0) is 31.6. The van der Waals surface area contributed by atoms with Crippen molar-refractivity contribution in [3.8, 4) is 0 Å². The van der Waals surface area contributed by atoms with E-state index in [1.165, 1.54) is 10.4 Å². The number of aryl methyl sites for hydroxylation is 1. The summed E-state index contributed by atoms with van der Waals surface area (Å²) in [7, 11) is -2.79. The Balaban J connectivity index is 1.48. The van der Waals surface area contributed by atoms with Gasteiger partial charge in [0.05, 0.1) is 17.7 Å². The molecule has 44 heavy (non-hydrogen) atoms. The molecule has 6 nitrogen and oxygen atoms in total. The van der Waals surface area contributed by atoms with Crippen LogP contribution in [0, 0.1) is 13.8 Å². The second kappa shape index (κ2) is 12.3. The average molecular weight is 605 g/mol. The van der Waals surface area contributed by atoms with Crippen LogP contribution in [0.25, 0.3) is 0 Å². The van der Waals surface area contributed by atoms with E-state index in [1.54, 1.807) is 29.2 Å². The Morgan fingerprint density at radius 2 is 1.27 bits per heavy atom. The van der Waals surface area contributed by atoms with Crippen LogP contribution < -0.4 is 15.3 Å². The standard InChI is InChI=1S/C37H40N2O4Si/c1-7-38(34(40)24-39-35(41)30-20-14-15-21-31(30)36(39)42)33-23-22-26(2)32(27(33)3)25-43-44(37(4,5)6,28-16-10-8-11-17-28)29-18-12-9-13-19-29/h8-23H,7,24-25H2,1-6H3. The number of amides is 3. The first kappa shape index (κ1) is 31.1. The molecule has 4 aromatic carbocycles. The number of likely N-dealkylation sites (N-methyl/N-ethyl adjacent to an activating group) is 1. The van der Waals surface area contributed by atoms with Crippen LogP contribution in [-0.4, -0.2) is 44.0 Å². The zero-order valence-electron chi connectivity index (χ0n) is 26.4. The maximum Gasteiger partial charge on any atom is 0.262 e. The number of carbonyl (C=O) groups excluding carboxylic acids is 3. The van der Waals surface area contributed by atoms with Crippen molar-refractivity contribution in [2.45, 2.75) is 53.2 Å². The molecule has 0 fully saturated rings. The van der Waals surface area contributed by atoms with E-state index in [0.29, 0.717) is 24.3 Å². The van der Waals surface area contributed by atoms with Crippen LogP contribution in [-0.2, 0) is 15.8 Å². The fourth-order valence-electron chi connectivity index (χ4n) is 6.42. The van der Waals surface area contributed by atoms with Crippen molar-refractivity contribution in [3.63, 3.8) is 0 Å². The summed E-state index contributed by atoms with van der Waals surface area (Å²) in [6.07, 6.45) is 0. The lowest BCUT2D eigenvalue weighted by Gasteiger charge is -2.43. The van der Waals surface area contributed by atoms with E-state index in [4.69, 9.17) is 4.43 Å². The van der Waals surface area contributed by atoms with Gasteiger partial charge >= 0.3 is 0 Å². The Hall–Kier alpha value is -4.33. The van der Waals surface area contributed by atoms with Gasteiger partial charge in [0, 0.05) is 12.2 Å². The summed E-state index contributed by atoms with van der Waals surface area (Å²) in [6.45, 7) is 13.2. The van der Waals surface area contributed by atoms with Crippen LogP contribution in [0.2, 0.25) is 5.04 Å². The number of hydrogen-bond acceptors (Lipinski definition) is 4. The van der Waals surface area contributed by atoms with Crippen LogP contribution in [0.3, 0.4) is 0 Å². The van der Waals surface area contributed by atoms with E-state index in [9.17, 15) is 14.4 Å². The van der Waals surface area contributed by atoms with Gasteiger partial charge in [0.15, 0.2) is 0 Å². The fourth-order valence-corrected chi connectivity index (χ4v) is 10.9. The van der Waals surface area contributed by atoms with Gasteiger partial charge in [0.1, 0.15) is 6.54 Å². The Morgan fingerprint density at radius 3 is 1.75 bits per heavy atom. The highest BCUT2D eigenvalue weighted by atomic mass is 28.4. The van der Waals surface area contributed by atoms with Gasteiger partial charge in [-0.2, -0.15) is 0 Å². The summed E-state index contributed by atoms with van der Waals surface area (Å²) < 4.78 is 7.25. The smallest absolute Gasteiger partial charge is 0.262 e. The van der Waals surface area contributed by atoms with Crippen molar-refractivity contribution < 1.29 is 18.8 Å². The van der Waals surface area contributed by atoms with Crippen LogP contribution >= 0.6 is 0 Å². The molecule has 0 aliphatic carbocycles. The minimum absolute atomic E-state index is 0.174. The van der Waals surface area contributed by atoms with E-state index in [-0.39, 0.29) is 17.5 Å². The van der Waals surface area contributed by atoms with E-state index < -0.39 is 20.1 Å².